The van der Waals surface area contributed by atoms with Gasteiger partial charge in [-0.25, -0.2) is 9.97 Å². The Kier molecular flexibility index (Phi) is 10.5. The maximum Gasteiger partial charge on any atom is 0.287 e. The first kappa shape index (κ1) is 33.7. The minimum atomic E-state index is -1.11. The Morgan fingerprint density at radius 1 is 0.958 bits per heavy atom. The van der Waals surface area contributed by atoms with E-state index in [0.717, 1.165) is 51.4 Å². The number of primary amides is 1. The van der Waals surface area contributed by atoms with E-state index < -0.39 is 47.9 Å². The van der Waals surface area contributed by atoms with Crippen LogP contribution in [0.15, 0.2) is 36.9 Å². The molecule has 0 spiro atoms. The van der Waals surface area contributed by atoms with E-state index in [9.17, 15) is 24.0 Å². The second-order valence-electron chi connectivity index (χ2n) is 13.3. The molecule has 0 radical (unpaired) electrons. The molecule has 0 aromatic carbocycles. The van der Waals surface area contributed by atoms with Crippen molar-refractivity contribution >= 4 is 46.8 Å². The van der Waals surface area contributed by atoms with Crippen LogP contribution >= 0.6 is 11.6 Å². The Morgan fingerprint density at radius 2 is 1.75 bits per heavy atom. The number of carbonyl (C=O) groups excluding carboxylic acids is 5. The van der Waals surface area contributed by atoms with Crippen LogP contribution in [0.3, 0.4) is 0 Å². The molecule has 6 atom stereocenters. The van der Waals surface area contributed by atoms with Crippen molar-refractivity contribution in [3.05, 3.63) is 41.9 Å². The first-order chi connectivity index (χ1) is 23.2. The Morgan fingerprint density at radius 3 is 2.42 bits per heavy atom. The number of nitrogens with one attached hydrogen (secondary N) is 2. The lowest BCUT2D eigenvalue weighted by Crippen LogP contribution is -2.56. The first-order valence-corrected chi connectivity index (χ1v) is 17.1. The summed E-state index contributed by atoms with van der Waals surface area (Å²) >= 11 is 6.15. The van der Waals surface area contributed by atoms with Crippen LogP contribution in [0.5, 0.6) is 5.88 Å². The van der Waals surface area contributed by atoms with Crippen LogP contribution in [0.2, 0.25) is 5.02 Å². The number of carbonyl (C=O) groups is 5. The summed E-state index contributed by atoms with van der Waals surface area (Å²) in [6, 6.07) is -0.0862. The standard InChI is InChI=1S/C33H41ClN8O6/c34-21-9-10-38-27(14-21)48-22-15-24(31(45)39-23(29(43)30(35)44)13-19-5-4-6-19)42(17-22)33(47)28(20-7-2-1-3-8-20)41-18-25(41)32(46)40-26-16-36-11-12-37-26/h9-12,14,16,19-20,22-25,28H,1-8,13,15,17-18H2,(H2,35,44)(H,39,45)(H,37,40,46)/t22-,23?,24?,25?,28+,41?/m1/s1. The third kappa shape index (κ3) is 7.92. The fraction of sp³-hybridized carbons (Fsp3) is 0.576. The number of amides is 4. The van der Waals surface area contributed by atoms with Gasteiger partial charge in [0.15, 0.2) is 5.82 Å². The molecule has 15 heteroatoms. The van der Waals surface area contributed by atoms with Crippen LogP contribution in [-0.2, 0) is 24.0 Å². The Balaban J connectivity index is 1.24. The Hall–Kier alpha value is -4.17. The lowest BCUT2D eigenvalue weighted by atomic mass is 9.80. The molecule has 2 saturated heterocycles. The topological polar surface area (TPSA) is 190 Å². The summed E-state index contributed by atoms with van der Waals surface area (Å²) in [5.41, 5.74) is 5.36. The molecule has 14 nitrogen and oxygen atoms in total. The number of nitrogens with two attached hydrogens (primary N) is 1. The van der Waals surface area contributed by atoms with E-state index in [4.69, 9.17) is 22.1 Å². The number of ether oxygens (including phenoxy) is 1. The molecule has 4 N–H and O–H groups in total. The number of anilines is 1. The molecule has 256 valence electrons. The van der Waals surface area contributed by atoms with Gasteiger partial charge in [-0.15, -0.1) is 0 Å². The molecule has 4 amide bonds. The summed E-state index contributed by atoms with van der Waals surface area (Å²) in [4.78, 5) is 82.4. The molecule has 6 rings (SSSR count). The van der Waals surface area contributed by atoms with Crippen LogP contribution in [0.4, 0.5) is 5.82 Å². The smallest absolute Gasteiger partial charge is 0.287 e. The van der Waals surface area contributed by atoms with Crippen molar-refractivity contribution in [2.75, 3.05) is 18.4 Å². The van der Waals surface area contributed by atoms with E-state index in [1.54, 1.807) is 12.1 Å². The first-order valence-electron chi connectivity index (χ1n) is 16.7. The van der Waals surface area contributed by atoms with Gasteiger partial charge in [-0.05, 0) is 37.2 Å². The minimum Gasteiger partial charge on any atom is -0.472 e. The third-order valence-corrected chi connectivity index (χ3v) is 10.2. The van der Waals surface area contributed by atoms with Gasteiger partial charge >= 0.3 is 0 Å². The van der Waals surface area contributed by atoms with Gasteiger partial charge < -0.3 is 26.0 Å². The van der Waals surface area contributed by atoms with E-state index >= 15 is 0 Å². The molecule has 4 fully saturated rings. The van der Waals surface area contributed by atoms with Gasteiger partial charge in [0.1, 0.15) is 18.2 Å². The zero-order valence-electron chi connectivity index (χ0n) is 26.6. The van der Waals surface area contributed by atoms with Crippen molar-refractivity contribution in [2.45, 2.75) is 94.5 Å². The molecule has 2 aromatic heterocycles. The number of ketones is 1. The van der Waals surface area contributed by atoms with Gasteiger partial charge in [-0.3, -0.25) is 33.9 Å². The molecule has 2 saturated carbocycles. The molecular formula is C33H41ClN8O6. The number of Topliss-reactive ketones (excluding diaryl/α,β-unsaturated/α-hetero) is 1. The Labute approximate surface area is 283 Å². The van der Waals surface area contributed by atoms with Gasteiger partial charge in [0.05, 0.1) is 24.8 Å². The zero-order valence-corrected chi connectivity index (χ0v) is 27.4. The molecule has 4 aliphatic rings. The molecule has 2 aromatic rings. The van der Waals surface area contributed by atoms with Crippen LogP contribution in [-0.4, -0.2) is 97.5 Å². The number of rotatable bonds is 13. The number of halogens is 1. The number of likely N-dealkylation sites (tertiary alicyclic amines) is 1. The predicted molar refractivity (Wildman–Crippen MR) is 173 cm³/mol. The minimum absolute atomic E-state index is 0.0124. The van der Waals surface area contributed by atoms with Crippen molar-refractivity contribution in [3.8, 4) is 5.88 Å². The zero-order chi connectivity index (χ0) is 33.8. The number of nitrogens with zero attached hydrogens (tertiary/aromatic N) is 5. The van der Waals surface area contributed by atoms with Crippen molar-refractivity contribution in [2.24, 2.45) is 17.6 Å². The average molecular weight is 681 g/mol. The maximum absolute atomic E-state index is 14.7. The highest BCUT2D eigenvalue weighted by Gasteiger charge is 2.54. The maximum atomic E-state index is 14.7. The molecule has 4 heterocycles. The summed E-state index contributed by atoms with van der Waals surface area (Å²) < 4.78 is 6.12. The van der Waals surface area contributed by atoms with Gasteiger partial charge in [-0.1, -0.05) is 50.1 Å². The number of hydrogen-bond donors (Lipinski definition) is 3. The largest absolute Gasteiger partial charge is 0.472 e. The molecule has 2 aliphatic heterocycles. The summed E-state index contributed by atoms with van der Waals surface area (Å²) in [6.07, 6.45) is 13.2. The predicted octanol–water partition coefficient (Wildman–Crippen LogP) is 1.87. The van der Waals surface area contributed by atoms with E-state index in [1.165, 1.54) is 29.7 Å². The number of hydrogen-bond acceptors (Lipinski definition) is 10. The fourth-order valence-electron chi connectivity index (χ4n) is 7.23. The average Bonchev–Trinajstić information content (AvgIpc) is 3.73. The van der Waals surface area contributed by atoms with Crippen molar-refractivity contribution < 1.29 is 28.7 Å². The second kappa shape index (κ2) is 14.9. The highest BCUT2D eigenvalue weighted by Crippen LogP contribution is 2.38. The van der Waals surface area contributed by atoms with Crippen LogP contribution in [0.25, 0.3) is 0 Å². The Bertz CT molecular complexity index is 1520. The summed E-state index contributed by atoms with van der Waals surface area (Å²) in [7, 11) is 0. The van der Waals surface area contributed by atoms with Gasteiger partial charge in [0.2, 0.25) is 29.4 Å². The van der Waals surface area contributed by atoms with Crippen LogP contribution < -0.4 is 21.1 Å². The van der Waals surface area contributed by atoms with E-state index in [2.05, 4.69) is 25.6 Å². The number of pyridine rings is 1. The van der Waals surface area contributed by atoms with Crippen LogP contribution in [0.1, 0.15) is 64.2 Å². The lowest BCUT2D eigenvalue weighted by Gasteiger charge is -2.35. The van der Waals surface area contributed by atoms with Crippen molar-refractivity contribution in [3.63, 3.8) is 0 Å². The summed E-state index contributed by atoms with van der Waals surface area (Å²) in [5.74, 6) is -2.32. The van der Waals surface area contributed by atoms with Crippen molar-refractivity contribution in [1.82, 2.24) is 30.1 Å². The van der Waals surface area contributed by atoms with Gasteiger partial charge in [0.25, 0.3) is 5.91 Å². The van der Waals surface area contributed by atoms with E-state index in [-0.39, 0.29) is 42.5 Å². The van der Waals surface area contributed by atoms with E-state index in [0.29, 0.717) is 23.8 Å². The van der Waals surface area contributed by atoms with Gasteiger partial charge in [0, 0.05) is 42.6 Å². The number of aromatic nitrogens is 3. The molecular weight excluding hydrogens is 640 g/mol. The molecule has 0 bridgehead atoms. The molecule has 48 heavy (non-hydrogen) atoms. The SMILES string of the molecule is NC(=O)C(=O)C(CC1CCC1)NC(=O)C1C[C@@H](Oc2cc(Cl)ccn2)CN1C(=O)[C@H](C1CCCCC1)N1CC1C(=O)Nc1cnccn1. The fourth-order valence-corrected chi connectivity index (χ4v) is 7.38. The third-order valence-electron chi connectivity index (χ3n) is 9.98. The lowest BCUT2D eigenvalue weighted by molar-refractivity contribution is -0.144. The second-order valence-corrected chi connectivity index (χ2v) is 13.7. The monoisotopic (exact) mass is 680 g/mol. The van der Waals surface area contributed by atoms with Crippen LogP contribution in [0, 0.1) is 11.8 Å². The van der Waals surface area contributed by atoms with E-state index in [1.807, 2.05) is 4.90 Å². The highest BCUT2D eigenvalue weighted by atomic mass is 35.5. The normalized spacial score (nSPS) is 25.3. The van der Waals surface area contributed by atoms with Gasteiger partial charge in [-0.2, -0.15) is 0 Å². The van der Waals surface area contributed by atoms with Crippen molar-refractivity contribution in [1.29, 1.82) is 0 Å². The summed E-state index contributed by atoms with van der Waals surface area (Å²) in [6.45, 7) is 0.461. The quantitative estimate of drug-likeness (QED) is 0.208. The highest BCUT2D eigenvalue weighted by molar-refractivity contribution is 6.37. The summed E-state index contributed by atoms with van der Waals surface area (Å²) in [5, 5.41) is 5.98. The molecule has 4 unspecified atom stereocenters. The molecule has 2 aliphatic carbocycles.